The van der Waals surface area contributed by atoms with E-state index < -0.39 is 0 Å². The molecule has 1 aliphatic rings. The predicted molar refractivity (Wildman–Crippen MR) is 91.2 cm³/mol. The number of hydrogen-bond acceptors (Lipinski definition) is 4. The smallest absolute Gasteiger partial charge is 0.0587 e. The van der Waals surface area contributed by atoms with Crippen molar-refractivity contribution < 1.29 is 10.2 Å². The number of benzene rings is 1. The topological polar surface area (TPSA) is 55.7 Å². The molecule has 22 heavy (non-hydrogen) atoms. The van der Waals surface area contributed by atoms with Gasteiger partial charge in [0, 0.05) is 30.9 Å². The van der Waals surface area contributed by atoms with Gasteiger partial charge in [-0.2, -0.15) is 0 Å². The minimum Gasteiger partial charge on any atom is -0.395 e. The van der Waals surface area contributed by atoms with Crippen molar-refractivity contribution in [2.75, 3.05) is 24.6 Å². The van der Waals surface area contributed by atoms with E-state index in [1.54, 1.807) is 0 Å². The molecule has 1 heterocycles. The highest BCUT2D eigenvalue weighted by molar-refractivity contribution is 5.48. The molecule has 0 amide bonds. The lowest BCUT2D eigenvalue weighted by molar-refractivity contribution is 0.145. The van der Waals surface area contributed by atoms with Crippen molar-refractivity contribution in [1.29, 1.82) is 0 Å². The summed E-state index contributed by atoms with van der Waals surface area (Å²) >= 11 is 0. The van der Waals surface area contributed by atoms with Crippen molar-refractivity contribution in [2.24, 2.45) is 5.92 Å². The summed E-state index contributed by atoms with van der Waals surface area (Å²) in [5, 5.41) is 22.5. The molecule has 2 rings (SSSR count). The second-order valence-electron chi connectivity index (χ2n) is 6.73. The third kappa shape index (κ3) is 4.45. The van der Waals surface area contributed by atoms with Crippen LogP contribution in [0.4, 0.5) is 5.69 Å². The van der Waals surface area contributed by atoms with Crippen LogP contribution >= 0.6 is 0 Å². The largest absolute Gasteiger partial charge is 0.395 e. The van der Waals surface area contributed by atoms with Gasteiger partial charge in [-0.1, -0.05) is 26.0 Å². The van der Waals surface area contributed by atoms with Crippen molar-refractivity contribution >= 4 is 5.69 Å². The van der Waals surface area contributed by atoms with Crippen LogP contribution in [-0.2, 0) is 0 Å². The maximum absolute atomic E-state index is 9.59. The molecule has 1 aromatic rings. The van der Waals surface area contributed by atoms with Crippen molar-refractivity contribution in [3.63, 3.8) is 0 Å². The zero-order valence-electron chi connectivity index (χ0n) is 14.0. The lowest BCUT2D eigenvalue weighted by Crippen LogP contribution is -2.38. The van der Waals surface area contributed by atoms with Gasteiger partial charge < -0.3 is 20.4 Å². The van der Waals surface area contributed by atoms with E-state index >= 15 is 0 Å². The first kappa shape index (κ1) is 17.3. The van der Waals surface area contributed by atoms with E-state index in [0.29, 0.717) is 5.92 Å². The Hall–Kier alpha value is -1.10. The summed E-state index contributed by atoms with van der Waals surface area (Å²) in [5.41, 5.74) is 2.46. The molecule has 1 unspecified atom stereocenters. The summed E-state index contributed by atoms with van der Waals surface area (Å²) < 4.78 is 0. The minimum absolute atomic E-state index is 0.123. The van der Waals surface area contributed by atoms with E-state index in [1.807, 2.05) is 0 Å². The molecule has 0 bridgehead atoms. The Morgan fingerprint density at radius 2 is 1.73 bits per heavy atom. The Bertz CT molecular complexity index is 439. The number of rotatable bonds is 6. The number of piperidine rings is 1. The maximum atomic E-state index is 9.59. The number of anilines is 1. The molecule has 1 saturated heterocycles. The van der Waals surface area contributed by atoms with E-state index in [9.17, 15) is 10.2 Å². The molecular weight excluding hydrogens is 276 g/mol. The van der Waals surface area contributed by atoms with Crippen LogP contribution in [0.25, 0.3) is 0 Å². The van der Waals surface area contributed by atoms with Crippen LogP contribution in [0.5, 0.6) is 0 Å². The number of nitrogens with zero attached hydrogens (tertiary/aromatic N) is 1. The molecule has 0 radical (unpaired) electrons. The highest BCUT2D eigenvalue weighted by Gasteiger charge is 2.18. The SMILES string of the molecule is CC(N[C@H](CO)C(C)C)c1ccc(N2CCC(O)CC2)cc1. The molecule has 3 N–H and O–H groups in total. The molecule has 124 valence electrons. The third-order valence-corrected chi connectivity index (χ3v) is 4.69. The van der Waals surface area contributed by atoms with Gasteiger partial charge in [0.1, 0.15) is 0 Å². The lowest BCUT2D eigenvalue weighted by atomic mass is 10.0. The first-order chi connectivity index (χ1) is 10.5. The summed E-state index contributed by atoms with van der Waals surface area (Å²) in [7, 11) is 0. The maximum Gasteiger partial charge on any atom is 0.0587 e. The summed E-state index contributed by atoms with van der Waals surface area (Å²) in [6.45, 7) is 8.39. The van der Waals surface area contributed by atoms with Crippen LogP contribution in [0, 0.1) is 5.92 Å². The van der Waals surface area contributed by atoms with E-state index in [2.05, 4.69) is 55.3 Å². The number of hydrogen-bond donors (Lipinski definition) is 3. The molecule has 1 aromatic carbocycles. The highest BCUT2D eigenvalue weighted by Crippen LogP contribution is 2.23. The molecule has 2 atom stereocenters. The average Bonchev–Trinajstić information content (AvgIpc) is 2.53. The molecule has 4 nitrogen and oxygen atoms in total. The second-order valence-corrected chi connectivity index (χ2v) is 6.73. The fourth-order valence-corrected chi connectivity index (χ4v) is 2.97. The van der Waals surface area contributed by atoms with Crippen LogP contribution in [0.15, 0.2) is 24.3 Å². The Balaban J connectivity index is 1.96. The average molecular weight is 306 g/mol. The first-order valence-corrected chi connectivity index (χ1v) is 8.41. The fourth-order valence-electron chi connectivity index (χ4n) is 2.97. The predicted octanol–water partition coefficient (Wildman–Crippen LogP) is 2.32. The Morgan fingerprint density at radius 1 is 1.14 bits per heavy atom. The summed E-state index contributed by atoms with van der Waals surface area (Å²) in [6, 6.07) is 8.98. The van der Waals surface area contributed by atoms with E-state index in [0.717, 1.165) is 25.9 Å². The molecule has 4 heteroatoms. The molecular formula is C18H30N2O2. The van der Waals surface area contributed by atoms with Crippen molar-refractivity contribution in [3.05, 3.63) is 29.8 Å². The van der Waals surface area contributed by atoms with Gasteiger partial charge in [0.05, 0.1) is 12.7 Å². The quantitative estimate of drug-likeness (QED) is 0.755. The van der Waals surface area contributed by atoms with E-state index in [-0.39, 0.29) is 24.8 Å². The monoisotopic (exact) mass is 306 g/mol. The molecule has 0 spiro atoms. The first-order valence-electron chi connectivity index (χ1n) is 8.41. The van der Waals surface area contributed by atoms with Crippen LogP contribution in [0.2, 0.25) is 0 Å². The number of aliphatic hydroxyl groups excluding tert-OH is 2. The molecule has 1 aliphatic heterocycles. The van der Waals surface area contributed by atoms with Gasteiger partial charge in [0.15, 0.2) is 0 Å². The normalized spacial score (nSPS) is 19.5. The second kappa shape index (κ2) is 7.95. The van der Waals surface area contributed by atoms with Gasteiger partial charge in [-0.05, 0) is 43.4 Å². The van der Waals surface area contributed by atoms with Gasteiger partial charge in [0.2, 0.25) is 0 Å². The van der Waals surface area contributed by atoms with Gasteiger partial charge in [-0.15, -0.1) is 0 Å². The van der Waals surface area contributed by atoms with E-state index in [4.69, 9.17) is 0 Å². The van der Waals surface area contributed by atoms with Gasteiger partial charge in [-0.3, -0.25) is 0 Å². The molecule has 1 fully saturated rings. The Labute approximate surface area is 134 Å². The van der Waals surface area contributed by atoms with Crippen LogP contribution < -0.4 is 10.2 Å². The molecule has 0 aliphatic carbocycles. The van der Waals surface area contributed by atoms with Crippen molar-refractivity contribution in [2.45, 2.75) is 51.8 Å². The van der Waals surface area contributed by atoms with Crippen molar-refractivity contribution in [3.8, 4) is 0 Å². The summed E-state index contributed by atoms with van der Waals surface area (Å²) in [4.78, 5) is 2.33. The molecule has 0 aromatic heterocycles. The number of aliphatic hydroxyl groups is 2. The third-order valence-electron chi connectivity index (χ3n) is 4.69. The molecule has 0 saturated carbocycles. The lowest BCUT2D eigenvalue weighted by Gasteiger charge is -2.32. The van der Waals surface area contributed by atoms with Gasteiger partial charge in [-0.25, -0.2) is 0 Å². The minimum atomic E-state index is -0.133. The Kier molecular flexibility index (Phi) is 6.24. The highest BCUT2D eigenvalue weighted by atomic mass is 16.3. The zero-order chi connectivity index (χ0) is 16.1. The van der Waals surface area contributed by atoms with Gasteiger partial charge in [0.25, 0.3) is 0 Å². The fraction of sp³-hybridized carbons (Fsp3) is 0.667. The van der Waals surface area contributed by atoms with E-state index in [1.165, 1.54) is 11.3 Å². The number of nitrogens with one attached hydrogen (secondary N) is 1. The zero-order valence-corrected chi connectivity index (χ0v) is 14.0. The summed E-state index contributed by atoms with van der Waals surface area (Å²) in [6.07, 6.45) is 1.57. The van der Waals surface area contributed by atoms with Crippen molar-refractivity contribution in [1.82, 2.24) is 5.32 Å². The van der Waals surface area contributed by atoms with Crippen LogP contribution in [0.3, 0.4) is 0 Å². The van der Waals surface area contributed by atoms with Crippen LogP contribution in [-0.4, -0.2) is 42.1 Å². The summed E-state index contributed by atoms with van der Waals surface area (Å²) in [5.74, 6) is 0.409. The Morgan fingerprint density at radius 3 is 2.23 bits per heavy atom. The van der Waals surface area contributed by atoms with Crippen LogP contribution in [0.1, 0.15) is 45.2 Å². The van der Waals surface area contributed by atoms with Gasteiger partial charge >= 0.3 is 0 Å². The standard InChI is InChI=1S/C18H30N2O2/c1-13(2)18(12-21)19-14(3)15-4-6-16(7-5-15)20-10-8-17(22)9-11-20/h4-7,13-14,17-19,21-22H,8-12H2,1-3H3/t14?,18-/m1/s1.